The summed E-state index contributed by atoms with van der Waals surface area (Å²) in [5.74, 6) is -0.297. The van der Waals surface area contributed by atoms with Gasteiger partial charge < -0.3 is 20.3 Å². The number of rotatable bonds is 5. The van der Waals surface area contributed by atoms with E-state index in [0.29, 0.717) is 18.9 Å². The highest BCUT2D eigenvalue weighted by Crippen LogP contribution is 2.06. The zero-order chi connectivity index (χ0) is 11.4. The van der Waals surface area contributed by atoms with E-state index in [4.69, 9.17) is 10.8 Å². The zero-order valence-electron chi connectivity index (χ0n) is 8.79. The van der Waals surface area contributed by atoms with Gasteiger partial charge in [0.25, 0.3) is 0 Å². The van der Waals surface area contributed by atoms with E-state index in [0.717, 1.165) is 0 Å². The van der Waals surface area contributed by atoms with Gasteiger partial charge in [-0.1, -0.05) is 0 Å². The van der Waals surface area contributed by atoms with Gasteiger partial charge in [0, 0.05) is 20.6 Å². The number of carboxylic acid groups (broad SMARTS) is 1. The lowest BCUT2D eigenvalue weighted by atomic mass is 10.2. The average molecular weight is 213 g/mol. The number of aliphatic carboxylic acids is 1. The molecule has 0 saturated heterocycles. The van der Waals surface area contributed by atoms with Gasteiger partial charge in [0.2, 0.25) is 5.95 Å². The summed E-state index contributed by atoms with van der Waals surface area (Å²) in [5, 5.41) is 16.2. The molecule has 1 atom stereocenters. The van der Waals surface area contributed by atoms with E-state index in [1.54, 1.807) is 10.9 Å². The molecule has 84 valence electrons. The van der Waals surface area contributed by atoms with Gasteiger partial charge in [0.1, 0.15) is 12.4 Å². The molecule has 1 rings (SSSR count). The van der Waals surface area contributed by atoms with Crippen LogP contribution in [-0.4, -0.2) is 45.5 Å². The van der Waals surface area contributed by atoms with E-state index in [1.165, 1.54) is 0 Å². The number of nitrogens with two attached hydrogens (primary N) is 1. The first-order valence-electron chi connectivity index (χ1n) is 4.56. The Bertz CT molecular complexity index is 338. The van der Waals surface area contributed by atoms with Crippen molar-refractivity contribution in [1.82, 2.24) is 14.8 Å². The summed E-state index contributed by atoms with van der Waals surface area (Å²) in [6.45, 7) is 0.528. The molecule has 1 heterocycles. The van der Waals surface area contributed by atoms with Crippen LogP contribution in [0.3, 0.4) is 0 Å². The Labute approximate surface area is 87.5 Å². The van der Waals surface area contributed by atoms with Crippen molar-refractivity contribution in [1.29, 1.82) is 0 Å². The molecule has 0 aliphatic heterocycles. The zero-order valence-corrected chi connectivity index (χ0v) is 8.79. The van der Waals surface area contributed by atoms with E-state index < -0.39 is 12.0 Å². The summed E-state index contributed by atoms with van der Waals surface area (Å²) >= 11 is 0. The number of hydrogen-bond acceptors (Lipinski definition) is 5. The van der Waals surface area contributed by atoms with Crippen LogP contribution in [0.4, 0.5) is 5.95 Å². The van der Waals surface area contributed by atoms with Crippen molar-refractivity contribution in [2.45, 2.75) is 12.5 Å². The Morgan fingerprint density at radius 1 is 1.80 bits per heavy atom. The van der Waals surface area contributed by atoms with Gasteiger partial charge in [0.15, 0.2) is 0 Å². The summed E-state index contributed by atoms with van der Waals surface area (Å²) in [7, 11) is 3.64. The van der Waals surface area contributed by atoms with Crippen LogP contribution in [0.25, 0.3) is 0 Å². The molecule has 0 saturated carbocycles. The van der Waals surface area contributed by atoms with Crippen molar-refractivity contribution in [3.63, 3.8) is 0 Å². The minimum absolute atomic E-state index is 0.374. The third-order valence-corrected chi connectivity index (χ3v) is 2.12. The van der Waals surface area contributed by atoms with Crippen LogP contribution >= 0.6 is 0 Å². The number of carboxylic acids is 1. The Kier molecular flexibility index (Phi) is 3.62. The normalized spacial score (nSPS) is 12.5. The molecule has 0 amide bonds. The van der Waals surface area contributed by atoms with Crippen molar-refractivity contribution in [2.75, 3.05) is 18.5 Å². The predicted molar refractivity (Wildman–Crippen MR) is 54.5 cm³/mol. The highest BCUT2D eigenvalue weighted by atomic mass is 16.4. The maximum Gasteiger partial charge on any atom is 0.320 e. The molecule has 0 radical (unpaired) electrons. The van der Waals surface area contributed by atoms with E-state index in [1.807, 2.05) is 19.0 Å². The summed E-state index contributed by atoms with van der Waals surface area (Å²) in [6.07, 6.45) is 1.96. The van der Waals surface area contributed by atoms with Crippen LogP contribution in [0.2, 0.25) is 0 Å². The molecule has 1 aromatic heterocycles. The third kappa shape index (κ3) is 2.91. The van der Waals surface area contributed by atoms with Crippen LogP contribution < -0.4 is 10.6 Å². The Balaban J connectivity index is 2.47. The Hall–Kier alpha value is -1.63. The molecular weight excluding hydrogens is 198 g/mol. The van der Waals surface area contributed by atoms with Gasteiger partial charge in [-0.2, -0.15) is 0 Å². The number of nitrogens with zero attached hydrogens (tertiary/aromatic N) is 4. The molecular formula is C8H15N5O2. The van der Waals surface area contributed by atoms with E-state index in [9.17, 15) is 4.79 Å². The van der Waals surface area contributed by atoms with Gasteiger partial charge in [-0.05, 0) is 6.42 Å². The van der Waals surface area contributed by atoms with E-state index in [-0.39, 0.29) is 0 Å². The molecule has 0 aliphatic rings. The minimum atomic E-state index is -0.985. The molecule has 0 fully saturated rings. The van der Waals surface area contributed by atoms with Gasteiger partial charge >= 0.3 is 5.97 Å². The molecule has 3 N–H and O–H groups in total. The monoisotopic (exact) mass is 213 g/mol. The Morgan fingerprint density at radius 3 is 2.93 bits per heavy atom. The van der Waals surface area contributed by atoms with Crippen molar-refractivity contribution >= 4 is 11.9 Å². The number of aromatic nitrogens is 3. The molecule has 0 aliphatic carbocycles. The summed E-state index contributed by atoms with van der Waals surface area (Å²) in [4.78, 5) is 12.3. The fraction of sp³-hybridized carbons (Fsp3) is 0.625. The first-order valence-corrected chi connectivity index (χ1v) is 4.56. The SMILES string of the molecule is CN(CCC(N)C(=O)O)c1nncn1C. The van der Waals surface area contributed by atoms with E-state index >= 15 is 0 Å². The highest BCUT2D eigenvalue weighted by molar-refractivity contribution is 5.73. The summed E-state index contributed by atoms with van der Waals surface area (Å²) in [6, 6.07) is -0.833. The maximum atomic E-state index is 10.5. The first kappa shape index (κ1) is 11.4. The molecule has 0 spiro atoms. The smallest absolute Gasteiger partial charge is 0.320 e. The molecule has 7 nitrogen and oxygen atoms in total. The fourth-order valence-corrected chi connectivity index (χ4v) is 1.18. The minimum Gasteiger partial charge on any atom is -0.480 e. The van der Waals surface area contributed by atoms with Crippen LogP contribution in [0.15, 0.2) is 6.33 Å². The largest absolute Gasteiger partial charge is 0.480 e. The lowest BCUT2D eigenvalue weighted by Crippen LogP contribution is -2.34. The fourth-order valence-electron chi connectivity index (χ4n) is 1.18. The topological polar surface area (TPSA) is 97.3 Å². The number of carbonyl (C=O) groups is 1. The van der Waals surface area contributed by atoms with Crippen molar-refractivity contribution in [3.05, 3.63) is 6.33 Å². The van der Waals surface area contributed by atoms with Crippen molar-refractivity contribution in [2.24, 2.45) is 12.8 Å². The lowest BCUT2D eigenvalue weighted by molar-refractivity contribution is -0.138. The van der Waals surface area contributed by atoms with Crippen molar-refractivity contribution < 1.29 is 9.90 Å². The number of hydrogen-bond donors (Lipinski definition) is 2. The van der Waals surface area contributed by atoms with Gasteiger partial charge in [-0.25, -0.2) is 0 Å². The maximum absolute atomic E-state index is 10.5. The molecule has 0 aromatic carbocycles. The van der Waals surface area contributed by atoms with E-state index in [2.05, 4.69) is 10.2 Å². The molecule has 0 bridgehead atoms. The summed E-state index contributed by atoms with van der Waals surface area (Å²) in [5.41, 5.74) is 5.39. The van der Waals surface area contributed by atoms with Crippen LogP contribution in [0, 0.1) is 0 Å². The second kappa shape index (κ2) is 4.74. The molecule has 1 aromatic rings. The van der Waals surface area contributed by atoms with Crippen LogP contribution in [0.1, 0.15) is 6.42 Å². The predicted octanol–water partition coefficient (Wildman–Crippen LogP) is -0.947. The van der Waals surface area contributed by atoms with Crippen LogP contribution in [0.5, 0.6) is 0 Å². The number of anilines is 1. The average Bonchev–Trinajstić information content (AvgIpc) is 2.60. The Morgan fingerprint density at radius 2 is 2.47 bits per heavy atom. The highest BCUT2D eigenvalue weighted by Gasteiger charge is 2.14. The third-order valence-electron chi connectivity index (χ3n) is 2.12. The molecule has 7 heteroatoms. The second-order valence-corrected chi connectivity index (χ2v) is 3.40. The van der Waals surface area contributed by atoms with Gasteiger partial charge in [0.05, 0.1) is 0 Å². The molecule has 15 heavy (non-hydrogen) atoms. The van der Waals surface area contributed by atoms with Gasteiger partial charge in [-0.3, -0.25) is 4.79 Å². The summed E-state index contributed by atoms with van der Waals surface area (Å²) < 4.78 is 1.76. The number of aryl methyl sites for hydroxylation is 1. The van der Waals surface area contributed by atoms with Crippen molar-refractivity contribution in [3.8, 4) is 0 Å². The quantitative estimate of drug-likeness (QED) is 0.654. The standard InChI is InChI=1S/C8H15N5O2/c1-12(4-3-6(9)7(14)15)8-11-10-5-13(8)2/h5-6H,3-4,9H2,1-2H3,(H,14,15). The van der Waals surface area contributed by atoms with Gasteiger partial charge in [-0.15, -0.1) is 10.2 Å². The second-order valence-electron chi connectivity index (χ2n) is 3.40. The molecule has 1 unspecified atom stereocenters. The lowest BCUT2D eigenvalue weighted by Gasteiger charge is -2.18. The van der Waals surface area contributed by atoms with Crippen LogP contribution in [-0.2, 0) is 11.8 Å². The first-order chi connectivity index (χ1) is 7.02.